The Morgan fingerprint density at radius 3 is 2.17 bits per heavy atom. The molecule has 0 bridgehead atoms. The molecule has 0 amide bonds. The summed E-state index contributed by atoms with van der Waals surface area (Å²) in [7, 11) is -0.657. The van der Waals surface area contributed by atoms with Crippen molar-refractivity contribution in [2.75, 3.05) is 45.2 Å². The highest BCUT2D eigenvalue weighted by molar-refractivity contribution is 7.90. The molecule has 2 rings (SSSR count). The highest BCUT2D eigenvalue weighted by atomic mass is 32.2. The maximum atomic E-state index is 11.3. The van der Waals surface area contributed by atoms with Crippen LogP contribution < -0.4 is 0 Å². The average molecular weight is 274 g/mol. The van der Waals surface area contributed by atoms with E-state index in [2.05, 4.69) is 16.8 Å². The molecule has 2 heterocycles. The summed E-state index contributed by atoms with van der Waals surface area (Å²) in [4.78, 5) is 4.78. The van der Waals surface area contributed by atoms with Gasteiger partial charge in [-0.25, -0.2) is 8.42 Å². The molecule has 2 fully saturated rings. The van der Waals surface area contributed by atoms with E-state index in [1.165, 1.54) is 38.6 Å². The second-order valence-corrected chi connectivity index (χ2v) is 8.65. The van der Waals surface area contributed by atoms with Crippen molar-refractivity contribution in [3.63, 3.8) is 0 Å². The lowest BCUT2D eigenvalue weighted by atomic mass is 9.77. The number of hydrogen-bond acceptors (Lipinski definition) is 4. The van der Waals surface area contributed by atoms with Crippen LogP contribution in [0.5, 0.6) is 0 Å². The molecule has 2 aliphatic heterocycles. The van der Waals surface area contributed by atoms with Gasteiger partial charge in [-0.15, -0.1) is 0 Å². The molecule has 2 saturated heterocycles. The molecule has 2 aliphatic rings. The van der Waals surface area contributed by atoms with Crippen molar-refractivity contribution in [1.82, 2.24) is 9.80 Å². The van der Waals surface area contributed by atoms with Gasteiger partial charge in [-0.2, -0.15) is 0 Å². The average Bonchev–Trinajstić information content (AvgIpc) is 2.58. The molecule has 0 radical (unpaired) electrons. The van der Waals surface area contributed by atoms with Gasteiger partial charge in [0.25, 0.3) is 0 Å². The Labute approximate surface area is 111 Å². The fourth-order valence-corrected chi connectivity index (χ4v) is 4.64. The summed E-state index contributed by atoms with van der Waals surface area (Å²) in [6.45, 7) is 6.61. The number of likely N-dealkylation sites (tertiary alicyclic amines) is 2. The Bertz CT molecular complexity index is 386. The van der Waals surface area contributed by atoms with E-state index in [9.17, 15) is 8.42 Å². The maximum Gasteiger partial charge on any atom is 0.148 e. The molecule has 0 N–H and O–H groups in total. The van der Waals surface area contributed by atoms with E-state index in [4.69, 9.17) is 0 Å². The third kappa shape index (κ3) is 3.45. The van der Waals surface area contributed by atoms with Crippen molar-refractivity contribution in [3.8, 4) is 0 Å². The van der Waals surface area contributed by atoms with Crippen LogP contribution in [0.2, 0.25) is 0 Å². The zero-order valence-electron chi connectivity index (χ0n) is 11.9. The fraction of sp³-hybridized carbons (Fsp3) is 1.00. The molecule has 18 heavy (non-hydrogen) atoms. The molecule has 4 nitrogen and oxygen atoms in total. The van der Waals surface area contributed by atoms with Crippen LogP contribution in [0.1, 0.15) is 26.2 Å². The molecule has 1 unspecified atom stereocenters. The molecule has 0 aromatic heterocycles. The van der Waals surface area contributed by atoms with E-state index in [0.717, 1.165) is 13.1 Å². The Balaban J connectivity index is 1.87. The third-order valence-corrected chi connectivity index (χ3v) is 5.74. The summed E-state index contributed by atoms with van der Waals surface area (Å²) in [6, 6.07) is 0.163. The topological polar surface area (TPSA) is 40.6 Å². The van der Waals surface area contributed by atoms with Gasteiger partial charge in [-0.1, -0.05) is 0 Å². The Kier molecular flexibility index (Phi) is 4.04. The molecule has 0 aromatic carbocycles. The number of sulfone groups is 1. The highest BCUT2D eigenvalue weighted by Gasteiger charge is 2.40. The Morgan fingerprint density at radius 2 is 1.72 bits per heavy atom. The lowest BCUT2D eigenvalue weighted by Crippen LogP contribution is -2.47. The third-order valence-electron chi connectivity index (χ3n) is 4.66. The Hall–Kier alpha value is -0.130. The van der Waals surface area contributed by atoms with Crippen molar-refractivity contribution >= 4 is 9.84 Å². The molecule has 1 spiro atoms. The van der Waals surface area contributed by atoms with E-state index >= 15 is 0 Å². The van der Waals surface area contributed by atoms with E-state index in [-0.39, 0.29) is 6.04 Å². The van der Waals surface area contributed by atoms with Crippen molar-refractivity contribution < 1.29 is 8.42 Å². The smallest absolute Gasteiger partial charge is 0.148 e. The van der Waals surface area contributed by atoms with E-state index in [1.807, 2.05) is 6.92 Å². The van der Waals surface area contributed by atoms with Crippen molar-refractivity contribution in [2.45, 2.75) is 32.2 Å². The second-order valence-electron chi connectivity index (χ2n) is 6.47. The minimum absolute atomic E-state index is 0.163. The molecule has 106 valence electrons. The van der Waals surface area contributed by atoms with Crippen LogP contribution >= 0.6 is 0 Å². The van der Waals surface area contributed by atoms with Gasteiger partial charge in [0.2, 0.25) is 0 Å². The summed E-state index contributed by atoms with van der Waals surface area (Å²) in [5.41, 5.74) is 0.524. The van der Waals surface area contributed by atoms with E-state index < -0.39 is 9.84 Å². The van der Waals surface area contributed by atoms with Crippen LogP contribution in [-0.2, 0) is 9.84 Å². The monoisotopic (exact) mass is 274 g/mol. The summed E-state index contributed by atoms with van der Waals surface area (Å²) in [6.07, 6.45) is 5.11. The first-order valence-corrected chi connectivity index (χ1v) is 8.96. The predicted octanol–water partition coefficient (Wildman–Crippen LogP) is 0.837. The van der Waals surface area contributed by atoms with Gasteiger partial charge in [-0.05, 0) is 58.3 Å². The number of rotatable bonds is 3. The second kappa shape index (κ2) is 5.10. The zero-order chi connectivity index (χ0) is 13.4. The molecule has 0 saturated carbocycles. The zero-order valence-corrected chi connectivity index (χ0v) is 12.7. The minimum atomic E-state index is -2.86. The first-order chi connectivity index (χ1) is 8.30. The lowest BCUT2D eigenvalue weighted by Gasteiger charge is -2.41. The molecule has 0 aromatic rings. The van der Waals surface area contributed by atoms with Gasteiger partial charge < -0.3 is 4.90 Å². The van der Waals surface area contributed by atoms with Gasteiger partial charge in [0.05, 0.1) is 5.75 Å². The van der Waals surface area contributed by atoms with Crippen LogP contribution in [0.15, 0.2) is 0 Å². The quantitative estimate of drug-likeness (QED) is 0.764. The highest BCUT2D eigenvalue weighted by Crippen LogP contribution is 2.40. The number of hydrogen-bond donors (Lipinski definition) is 0. The van der Waals surface area contributed by atoms with Crippen molar-refractivity contribution in [2.24, 2.45) is 5.41 Å². The number of nitrogens with zero attached hydrogens (tertiary/aromatic N) is 2. The lowest BCUT2D eigenvalue weighted by molar-refractivity contribution is 0.0900. The minimum Gasteiger partial charge on any atom is -0.306 e. The van der Waals surface area contributed by atoms with Gasteiger partial charge in [-0.3, -0.25) is 4.90 Å². The molecular formula is C13H26N2O2S. The first-order valence-electron chi connectivity index (χ1n) is 6.90. The van der Waals surface area contributed by atoms with Crippen LogP contribution in [-0.4, -0.2) is 69.5 Å². The van der Waals surface area contributed by atoms with Crippen LogP contribution in [0.25, 0.3) is 0 Å². The SMILES string of the molecule is CC(CS(C)(=O)=O)N1CCC2(CCN(C)C2)CC1. The summed E-state index contributed by atoms with van der Waals surface area (Å²) < 4.78 is 22.7. The maximum absolute atomic E-state index is 11.3. The van der Waals surface area contributed by atoms with Gasteiger partial charge in [0, 0.05) is 18.8 Å². The molecule has 1 atom stereocenters. The summed E-state index contributed by atoms with van der Waals surface area (Å²) in [5, 5.41) is 0. The van der Waals surface area contributed by atoms with Crippen LogP contribution in [0.4, 0.5) is 0 Å². The fourth-order valence-electron chi connectivity index (χ4n) is 3.55. The van der Waals surface area contributed by atoms with Crippen molar-refractivity contribution in [3.05, 3.63) is 0 Å². The van der Waals surface area contributed by atoms with E-state index in [0.29, 0.717) is 11.2 Å². The predicted molar refractivity (Wildman–Crippen MR) is 74.5 cm³/mol. The number of piperidine rings is 1. The normalized spacial score (nSPS) is 27.7. The van der Waals surface area contributed by atoms with Gasteiger partial charge in [0.1, 0.15) is 9.84 Å². The standard InChI is InChI=1S/C13H26N2O2S/c1-12(10-18(3,16)17)15-8-5-13(6-9-15)4-7-14(2)11-13/h12H,4-11H2,1-3H3. The summed E-state index contributed by atoms with van der Waals surface area (Å²) in [5.74, 6) is 0.292. The Morgan fingerprint density at radius 1 is 1.17 bits per heavy atom. The summed E-state index contributed by atoms with van der Waals surface area (Å²) >= 11 is 0. The van der Waals surface area contributed by atoms with Gasteiger partial charge >= 0.3 is 0 Å². The van der Waals surface area contributed by atoms with Gasteiger partial charge in [0.15, 0.2) is 0 Å². The van der Waals surface area contributed by atoms with Crippen molar-refractivity contribution in [1.29, 1.82) is 0 Å². The largest absolute Gasteiger partial charge is 0.306 e. The molecular weight excluding hydrogens is 248 g/mol. The first kappa shape index (κ1) is 14.3. The molecule has 5 heteroatoms. The van der Waals surface area contributed by atoms with Crippen LogP contribution in [0.3, 0.4) is 0 Å². The van der Waals surface area contributed by atoms with Crippen LogP contribution in [0, 0.1) is 5.41 Å². The molecule has 0 aliphatic carbocycles. The van der Waals surface area contributed by atoms with E-state index in [1.54, 1.807) is 0 Å².